The number of amides is 1. The van der Waals surface area contributed by atoms with Gasteiger partial charge in [0.2, 0.25) is 0 Å². The van der Waals surface area contributed by atoms with Crippen LogP contribution in [-0.2, 0) is 16.0 Å². The van der Waals surface area contributed by atoms with E-state index in [0.717, 1.165) is 16.7 Å². The lowest BCUT2D eigenvalue weighted by atomic mass is 9.98. The van der Waals surface area contributed by atoms with Crippen molar-refractivity contribution >= 4 is 11.9 Å². The van der Waals surface area contributed by atoms with Crippen molar-refractivity contribution < 1.29 is 23.8 Å². The molecule has 2 rings (SSSR count). The molecule has 0 saturated heterocycles. The van der Waals surface area contributed by atoms with Gasteiger partial charge >= 0.3 is 5.97 Å². The minimum Gasteiger partial charge on any atom is -0.481 e. The highest BCUT2D eigenvalue weighted by molar-refractivity contribution is 5.78. The van der Waals surface area contributed by atoms with Gasteiger partial charge in [-0.2, -0.15) is 0 Å². The Morgan fingerprint density at radius 3 is 2.58 bits per heavy atom. The van der Waals surface area contributed by atoms with E-state index in [0.29, 0.717) is 6.42 Å². The van der Waals surface area contributed by atoms with Gasteiger partial charge in [-0.25, -0.2) is 4.39 Å². The van der Waals surface area contributed by atoms with Crippen molar-refractivity contribution in [3.05, 3.63) is 65.0 Å². The molecule has 1 unspecified atom stereocenters. The highest BCUT2D eigenvalue weighted by atomic mass is 19.1. The van der Waals surface area contributed by atoms with Gasteiger partial charge in [-0.15, -0.1) is 0 Å². The second-order valence-corrected chi connectivity index (χ2v) is 6.25. The number of aliphatic carboxylic acids is 1. The summed E-state index contributed by atoms with van der Waals surface area (Å²) >= 11 is 0. The van der Waals surface area contributed by atoms with Crippen LogP contribution in [0.3, 0.4) is 0 Å². The number of carboxylic acid groups (broad SMARTS) is 1. The standard InChI is InChI=1S/C20H22FNO4/c1-13-4-3-5-15(8-13)10-16(20(24)25)11-22-19(23)12-26-18-9-14(2)6-7-17(18)21/h3-9,16H,10-12H2,1-2H3,(H,22,23)(H,24,25). The summed E-state index contributed by atoms with van der Waals surface area (Å²) in [6.07, 6.45) is 0.310. The molecule has 0 fully saturated rings. The van der Waals surface area contributed by atoms with Crippen molar-refractivity contribution in [2.75, 3.05) is 13.2 Å². The van der Waals surface area contributed by atoms with Crippen LogP contribution >= 0.6 is 0 Å². The fourth-order valence-electron chi connectivity index (χ4n) is 2.52. The van der Waals surface area contributed by atoms with Gasteiger partial charge in [-0.1, -0.05) is 35.9 Å². The molecule has 2 aromatic carbocycles. The molecule has 0 heterocycles. The lowest BCUT2D eigenvalue weighted by Crippen LogP contribution is -2.36. The first-order chi connectivity index (χ1) is 12.3. The number of hydrogen-bond acceptors (Lipinski definition) is 3. The molecule has 2 N–H and O–H groups in total. The van der Waals surface area contributed by atoms with E-state index in [2.05, 4.69) is 5.32 Å². The van der Waals surface area contributed by atoms with Crippen molar-refractivity contribution in [1.29, 1.82) is 0 Å². The van der Waals surface area contributed by atoms with E-state index in [1.54, 1.807) is 13.0 Å². The summed E-state index contributed by atoms with van der Waals surface area (Å²) in [6.45, 7) is 3.32. The molecule has 2 aromatic rings. The predicted molar refractivity (Wildman–Crippen MR) is 95.7 cm³/mol. The van der Waals surface area contributed by atoms with Crippen LogP contribution in [0.5, 0.6) is 5.75 Å². The SMILES string of the molecule is Cc1cccc(CC(CNC(=O)COc2cc(C)ccc2F)C(=O)O)c1. The van der Waals surface area contributed by atoms with Crippen LogP contribution in [0.2, 0.25) is 0 Å². The monoisotopic (exact) mass is 359 g/mol. The lowest BCUT2D eigenvalue weighted by Gasteiger charge is -2.14. The first kappa shape index (κ1) is 19.4. The predicted octanol–water partition coefficient (Wildman–Crippen LogP) is 2.88. The summed E-state index contributed by atoms with van der Waals surface area (Å²) in [5, 5.41) is 11.9. The third-order valence-corrected chi connectivity index (χ3v) is 3.90. The second kappa shape index (κ2) is 8.99. The molecule has 0 bridgehead atoms. The maximum atomic E-state index is 13.6. The Morgan fingerprint density at radius 2 is 1.88 bits per heavy atom. The van der Waals surface area contributed by atoms with E-state index >= 15 is 0 Å². The number of nitrogens with one attached hydrogen (secondary N) is 1. The van der Waals surface area contributed by atoms with Crippen molar-refractivity contribution in [1.82, 2.24) is 5.32 Å². The molecule has 138 valence electrons. The van der Waals surface area contributed by atoms with E-state index in [-0.39, 0.29) is 18.9 Å². The molecule has 1 amide bonds. The Labute approximate surface area is 151 Å². The van der Waals surface area contributed by atoms with Crippen LogP contribution in [0.1, 0.15) is 16.7 Å². The van der Waals surface area contributed by atoms with E-state index in [9.17, 15) is 19.1 Å². The molecule has 1 atom stereocenters. The average Bonchev–Trinajstić information content (AvgIpc) is 2.59. The smallest absolute Gasteiger partial charge is 0.308 e. The van der Waals surface area contributed by atoms with Crippen LogP contribution in [0.15, 0.2) is 42.5 Å². The highest BCUT2D eigenvalue weighted by Gasteiger charge is 2.19. The first-order valence-corrected chi connectivity index (χ1v) is 8.29. The number of carboxylic acids is 1. The van der Waals surface area contributed by atoms with Gasteiger partial charge < -0.3 is 15.2 Å². The van der Waals surface area contributed by atoms with Crippen molar-refractivity contribution in [3.63, 3.8) is 0 Å². The molecule has 5 nitrogen and oxygen atoms in total. The largest absolute Gasteiger partial charge is 0.481 e. The third kappa shape index (κ3) is 5.88. The van der Waals surface area contributed by atoms with E-state index < -0.39 is 23.6 Å². The number of carbonyl (C=O) groups excluding carboxylic acids is 1. The van der Waals surface area contributed by atoms with Gasteiger partial charge in [0, 0.05) is 6.54 Å². The molecule has 0 aliphatic heterocycles. The molecule has 26 heavy (non-hydrogen) atoms. The second-order valence-electron chi connectivity index (χ2n) is 6.25. The summed E-state index contributed by atoms with van der Waals surface area (Å²) in [7, 11) is 0. The van der Waals surface area contributed by atoms with Gasteiger partial charge in [0.1, 0.15) is 0 Å². The lowest BCUT2D eigenvalue weighted by molar-refractivity contribution is -0.141. The Hall–Kier alpha value is -2.89. The number of ether oxygens (including phenoxy) is 1. The first-order valence-electron chi connectivity index (χ1n) is 8.29. The normalized spacial score (nSPS) is 11.7. The van der Waals surface area contributed by atoms with Gasteiger partial charge in [-0.05, 0) is 43.5 Å². The summed E-state index contributed by atoms with van der Waals surface area (Å²) in [5.74, 6) is -2.80. The van der Waals surface area contributed by atoms with Crippen LogP contribution in [0.25, 0.3) is 0 Å². The van der Waals surface area contributed by atoms with Crippen molar-refractivity contribution in [2.24, 2.45) is 5.92 Å². The van der Waals surface area contributed by atoms with Gasteiger partial charge in [-0.3, -0.25) is 9.59 Å². The Morgan fingerprint density at radius 1 is 1.15 bits per heavy atom. The molecule has 0 aromatic heterocycles. The fraction of sp³-hybridized carbons (Fsp3) is 0.300. The van der Waals surface area contributed by atoms with E-state index in [4.69, 9.17) is 4.74 Å². The van der Waals surface area contributed by atoms with Gasteiger partial charge in [0.05, 0.1) is 5.92 Å². The Kier molecular flexibility index (Phi) is 6.72. The number of aryl methyl sites for hydroxylation is 2. The molecule has 0 aliphatic carbocycles. The summed E-state index contributed by atoms with van der Waals surface area (Å²) in [4.78, 5) is 23.3. The topological polar surface area (TPSA) is 75.6 Å². The number of carbonyl (C=O) groups is 2. The maximum Gasteiger partial charge on any atom is 0.308 e. The molecule has 0 aliphatic rings. The van der Waals surface area contributed by atoms with Gasteiger partial charge in [0.15, 0.2) is 18.2 Å². The maximum absolute atomic E-state index is 13.6. The zero-order chi connectivity index (χ0) is 19.1. The van der Waals surface area contributed by atoms with Crippen LogP contribution in [0, 0.1) is 25.6 Å². The summed E-state index contributed by atoms with van der Waals surface area (Å²) < 4.78 is 18.8. The average molecular weight is 359 g/mol. The summed E-state index contributed by atoms with van der Waals surface area (Å²) in [5.41, 5.74) is 2.75. The fourth-order valence-corrected chi connectivity index (χ4v) is 2.52. The highest BCUT2D eigenvalue weighted by Crippen LogP contribution is 2.18. The van der Waals surface area contributed by atoms with Crippen LogP contribution in [-0.4, -0.2) is 30.1 Å². The van der Waals surface area contributed by atoms with Gasteiger partial charge in [0.25, 0.3) is 5.91 Å². The zero-order valence-corrected chi connectivity index (χ0v) is 14.8. The molecule has 0 radical (unpaired) electrons. The molecule has 0 spiro atoms. The van der Waals surface area contributed by atoms with Crippen LogP contribution < -0.4 is 10.1 Å². The zero-order valence-electron chi connectivity index (χ0n) is 14.8. The van der Waals surface area contributed by atoms with Crippen LogP contribution in [0.4, 0.5) is 4.39 Å². The number of halogens is 1. The molecule has 0 saturated carbocycles. The van der Waals surface area contributed by atoms with E-state index in [1.165, 1.54) is 12.1 Å². The van der Waals surface area contributed by atoms with Crippen molar-refractivity contribution in [3.8, 4) is 5.75 Å². The molecule has 6 heteroatoms. The third-order valence-electron chi connectivity index (χ3n) is 3.90. The quantitative estimate of drug-likeness (QED) is 0.760. The number of benzene rings is 2. The minimum absolute atomic E-state index is 0.00491. The molecular weight excluding hydrogens is 337 g/mol. The number of hydrogen-bond donors (Lipinski definition) is 2. The van der Waals surface area contributed by atoms with Crippen molar-refractivity contribution in [2.45, 2.75) is 20.3 Å². The summed E-state index contributed by atoms with van der Waals surface area (Å²) in [6, 6.07) is 11.9. The number of rotatable bonds is 8. The molecular formula is C20H22FNO4. The Balaban J connectivity index is 1.87. The van der Waals surface area contributed by atoms with E-state index in [1.807, 2.05) is 31.2 Å². The minimum atomic E-state index is -0.988. The Bertz CT molecular complexity index is 791.